The lowest BCUT2D eigenvalue weighted by molar-refractivity contribution is 0.609. The fourth-order valence-electron chi connectivity index (χ4n) is 0.788. The second kappa shape index (κ2) is 4.02. The molecule has 0 saturated carbocycles. The smallest absolute Gasteiger partial charge is 0.232 e. The first-order chi connectivity index (χ1) is 5.97. The van der Waals surface area contributed by atoms with Crippen LogP contribution in [-0.2, 0) is 15.5 Å². The number of hydrogen-bond donors (Lipinski definition) is 0. The first kappa shape index (κ1) is 10.4. The Hall–Kier alpha value is -0.680. The van der Waals surface area contributed by atoms with Gasteiger partial charge in [-0.25, -0.2) is 18.4 Å². The lowest BCUT2D eigenvalue weighted by atomic mass is 10.3. The minimum absolute atomic E-state index is 0.0824. The molecule has 13 heavy (non-hydrogen) atoms. The van der Waals surface area contributed by atoms with Crippen molar-refractivity contribution in [3.05, 3.63) is 23.8 Å². The van der Waals surface area contributed by atoms with E-state index in [-0.39, 0.29) is 5.75 Å². The van der Waals surface area contributed by atoms with Crippen molar-refractivity contribution < 1.29 is 8.42 Å². The molecule has 0 N–H and O–H groups in total. The summed E-state index contributed by atoms with van der Waals surface area (Å²) in [5.74, 6) is 0.582. The number of rotatable bonds is 3. The molecule has 0 radical (unpaired) electrons. The van der Waals surface area contributed by atoms with Gasteiger partial charge in [-0.15, -0.1) is 0 Å². The largest absolute Gasteiger partial charge is 0.241 e. The Bertz CT molecular complexity index is 374. The minimum atomic E-state index is -3.42. The van der Waals surface area contributed by atoms with Gasteiger partial charge in [0.2, 0.25) is 9.05 Å². The monoisotopic (exact) mass is 220 g/mol. The normalized spacial score (nSPS) is 11.5. The average Bonchev–Trinajstić information content (AvgIpc) is 2.02. The molecule has 1 aromatic heterocycles. The number of aromatic nitrogens is 2. The van der Waals surface area contributed by atoms with Crippen molar-refractivity contribution in [3.63, 3.8) is 0 Å². The standard InChI is InChI=1S/C7H9ClN2O2S/c1-6-9-4-7(5-10-6)2-3-13(8,11)12/h4-5H,2-3H2,1H3. The average molecular weight is 221 g/mol. The molecular formula is C7H9ClN2O2S. The van der Waals surface area contributed by atoms with Crippen LogP contribution in [0.25, 0.3) is 0 Å². The third-order valence-corrected chi connectivity index (χ3v) is 2.62. The Morgan fingerprint density at radius 3 is 2.38 bits per heavy atom. The fraction of sp³-hybridized carbons (Fsp3) is 0.429. The van der Waals surface area contributed by atoms with E-state index in [1.165, 1.54) is 0 Å². The minimum Gasteiger partial charge on any atom is -0.241 e. The van der Waals surface area contributed by atoms with Gasteiger partial charge in [-0.05, 0) is 18.9 Å². The van der Waals surface area contributed by atoms with Gasteiger partial charge >= 0.3 is 0 Å². The van der Waals surface area contributed by atoms with Gasteiger partial charge in [-0.1, -0.05) is 0 Å². The molecular weight excluding hydrogens is 212 g/mol. The van der Waals surface area contributed by atoms with Crippen LogP contribution in [0.2, 0.25) is 0 Å². The van der Waals surface area contributed by atoms with Crippen LogP contribution in [0, 0.1) is 6.92 Å². The van der Waals surface area contributed by atoms with Crippen LogP contribution in [0.4, 0.5) is 0 Å². The summed E-state index contributed by atoms with van der Waals surface area (Å²) in [5.41, 5.74) is 0.773. The van der Waals surface area contributed by atoms with Crippen molar-refractivity contribution in [2.24, 2.45) is 0 Å². The Kier molecular flexibility index (Phi) is 3.22. The summed E-state index contributed by atoms with van der Waals surface area (Å²) >= 11 is 0. The van der Waals surface area contributed by atoms with E-state index < -0.39 is 9.05 Å². The molecule has 0 aliphatic rings. The first-order valence-electron chi connectivity index (χ1n) is 3.67. The van der Waals surface area contributed by atoms with Crippen molar-refractivity contribution in [1.82, 2.24) is 9.97 Å². The molecule has 0 amide bonds. The van der Waals surface area contributed by atoms with Crippen molar-refractivity contribution >= 4 is 19.7 Å². The first-order valence-corrected chi connectivity index (χ1v) is 6.15. The molecule has 4 nitrogen and oxygen atoms in total. The van der Waals surface area contributed by atoms with Gasteiger partial charge in [-0.3, -0.25) is 0 Å². The highest BCUT2D eigenvalue weighted by Gasteiger charge is 2.05. The lowest BCUT2D eigenvalue weighted by Crippen LogP contribution is -2.02. The van der Waals surface area contributed by atoms with Crippen molar-refractivity contribution in [2.75, 3.05) is 5.75 Å². The van der Waals surface area contributed by atoms with Crippen LogP contribution in [0.1, 0.15) is 11.4 Å². The van der Waals surface area contributed by atoms with E-state index in [1.807, 2.05) is 0 Å². The van der Waals surface area contributed by atoms with Gasteiger partial charge in [0.25, 0.3) is 0 Å². The number of aryl methyl sites for hydroxylation is 2. The van der Waals surface area contributed by atoms with Crippen LogP contribution >= 0.6 is 10.7 Å². The van der Waals surface area contributed by atoms with Crippen LogP contribution < -0.4 is 0 Å². The van der Waals surface area contributed by atoms with E-state index >= 15 is 0 Å². The summed E-state index contributed by atoms with van der Waals surface area (Å²) in [6.07, 6.45) is 3.56. The SMILES string of the molecule is Cc1ncc(CCS(=O)(=O)Cl)cn1. The number of hydrogen-bond acceptors (Lipinski definition) is 4. The highest BCUT2D eigenvalue weighted by atomic mass is 35.7. The molecule has 1 rings (SSSR count). The van der Waals surface area contributed by atoms with Crippen LogP contribution in [0.5, 0.6) is 0 Å². The summed E-state index contributed by atoms with van der Waals surface area (Å²) in [7, 11) is 1.63. The van der Waals surface area contributed by atoms with Gasteiger partial charge in [0.05, 0.1) is 5.75 Å². The molecule has 0 aliphatic carbocycles. The fourth-order valence-corrected chi connectivity index (χ4v) is 1.50. The van der Waals surface area contributed by atoms with Gasteiger partial charge in [0, 0.05) is 23.1 Å². The topological polar surface area (TPSA) is 59.9 Å². The maximum absolute atomic E-state index is 10.6. The van der Waals surface area contributed by atoms with Crippen LogP contribution in [0.3, 0.4) is 0 Å². The Balaban J connectivity index is 2.61. The predicted molar refractivity (Wildman–Crippen MR) is 50.1 cm³/mol. The van der Waals surface area contributed by atoms with Crippen LogP contribution in [-0.4, -0.2) is 24.1 Å². The third kappa shape index (κ3) is 4.19. The summed E-state index contributed by atoms with van der Waals surface area (Å²) in [6, 6.07) is 0. The molecule has 0 atom stereocenters. The van der Waals surface area contributed by atoms with E-state index in [1.54, 1.807) is 19.3 Å². The van der Waals surface area contributed by atoms with E-state index in [9.17, 15) is 8.42 Å². The maximum Gasteiger partial charge on any atom is 0.232 e. The van der Waals surface area contributed by atoms with Crippen molar-refractivity contribution in [1.29, 1.82) is 0 Å². The molecule has 0 aromatic carbocycles. The van der Waals surface area contributed by atoms with E-state index in [0.29, 0.717) is 12.2 Å². The molecule has 72 valence electrons. The molecule has 1 aromatic rings. The Morgan fingerprint density at radius 2 is 1.92 bits per heavy atom. The van der Waals surface area contributed by atoms with Crippen molar-refractivity contribution in [2.45, 2.75) is 13.3 Å². The summed E-state index contributed by atoms with van der Waals surface area (Å²) in [4.78, 5) is 7.86. The zero-order valence-corrected chi connectivity index (χ0v) is 8.64. The van der Waals surface area contributed by atoms with Crippen LogP contribution in [0.15, 0.2) is 12.4 Å². The molecule has 0 saturated heterocycles. The third-order valence-electron chi connectivity index (χ3n) is 1.47. The highest BCUT2D eigenvalue weighted by molar-refractivity contribution is 8.13. The van der Waals surface area contributed by atoms with E-state index in [0.717, 1.165) is 5.56 Å². The van der Waals surface area contributed by atoms with E-state index in [4.69, 9.17) is 10.7 Å². The van der Waals surface area contributed by atoms with Gasteiger partial charge in [0.15, 0.2) is 0 Å². The molecule has 0 aliphatic heterocycles. The number of nitrogens with zero attached hydrogens (tertiary/aromatic N) is 2. The molecule has 0 fully saturated rings. The quantitative estimate of drug-likeness (QED) is 0.710. The van der Waals surface area contributed by atoms with Gasteiger partial charge in [-0.2, -0.15) is 0 Å². The summed E-state index contributed by atoms with van der Waals surface area (Å²) < 4.78 is 21.2. The molecule has 0 spiro atoms. The molecule has 1 heterocycles. The van der Waals surface area contributed by atoms with E-state index in [2.05, 4.69) is 9.97 Å². The molecule has 6 heteroatoms. The summed E-state index contributed by atoms with van der Waals surface area (Å²) in [5, 5.41) is 0. The van der Waals surface area contributed by atoms with Gasteiger partial charge < -0.3 is 0 Å². The summed E-state index contributed by atoms with van der Waals surface area (Å²) in [6.45, 7) is 1.77. The second-order valence-corrected chi connectivity index (χ2v) is 5.53. The van der Waals surface area contributed by atoms with Crippen molar-refractivity contribution in [3.8, 4) is 0 Å². The second-order valence-electron chi connectivity index (χ2n) is 2.63. The lowest BCUT2D eigenvalue weighted by Gasteiger charge is -1.97. The predicted octanol–water partition coefficient (Wildman–Crippen LogP) is 0.896. The zero-order chi connectivity index (χ0) is 9.90. The maximum atomic E-state index is 10.6. The molecule has 0 bridgehead atoms. The highest BCUT2D eigenvalue weighted by Crippen LogP contribution is 2.03. The van der Waals surface area contributed by atoms with Gasteiger partial charge in [0.1, 0.15) is 5.82 Å². The Morgan fingerprint density at radius 1 is 1.38 bits per heavy atom. The number of halogens is 1. The Labute approximate surface area is 81.4 Å². The zero-order valence-electron chi connectivity index (χ0n) is 7.07. The molecule has 0 unspecified atom stereocenters.